The average Bonchev–Trinajstić information content (AvgIpc) is 3.75. The van der Waals surface area contributed by atoms with Crippen molar-refractivity contribution < 1.29 is 0 Å². The van der Waals surface area contributed by atoms with E-state index in [0.717, 1.165) is 94.7 Å². The molecule has 56 heavy (non-hydrogen) atoms. The van der Waals surface area contributed by atoms with E-state index in [4.69, 9.17) is 0 Å². The lowest BCUT2D eigenvalue weighted by Crippen LogP contribution is -2.44. The van der Waals surface area contributed by atoms with Gasteiger partial charge in [-0.15, -0.1) is 0 Å². The van der Waals surface area contributed by atoms with Crippen molar-refractivity contribution in [1.82, 2.24) is 0 Å². The molecule has 6 saturated carbocycles. The van der Waals surface area contributed by atoms with Gasteiger partial charge >= 0.3 is 0 Å². The molecule has 0 radical (unpaired) electrons. The molecule has 0 N–H and O–H groups in total. The summed E-state index contributed by atoms with van der Waals surface area (Å²) >= 11 is 0. The maximum Gasteiger partial charge on any atom is -0.0321 e. The summed E-state index contributed by atoms with van der Waals surface area (Å²) in [6.45, 7) is 50.1. The van der Waals surface area contributed by atoms with E-state index in [9.17, 15) is 0 Å². The van der Waals surface area contributed by atoms with Gasteiger partial charge in [0.05, 0.1) is 0 Å². The van der Waals surface area contributed by atoms with Crippen molar-refractivity contribution in [2.24, 2.45) is 94.7 Å². The largest absolute Gasteiger partial charge is 0.0776 e. The van der Waals surface area contributed by atoms with Crippen LogP contribution in [0.15, 0.2) is 30.3 Å². The average molecular weight is 800 g/mol. The predicted molar refractivity (Wildman–Crippen MR) is 277 cm³/mol. The van der Waals surface area contributed by atoms with Gasteiger partial charge in [0.1, 0.15) is 0 Å². The van der Waals surface area contributed by atoms with Crippen LogP contribution in [0, 0.1) is 102 Å². The van der Waals surface area contributed by atoms with Crippen LogP contribution in [0.2, 0.25) is 0 Å². The Balaban J connectivity index is -0.0000000595. The summed E-state index contributed by atoms with van der Waals surface area (Å²) < 4.78 is 0. The van der Waals surface area contributed by atoms with E-state index >= 15 is 0 Å². The summed E-state index contributed by atoms with van der Waals surface area (Å²) in [5, 5.41) is 0. The summed E-state index contributed by atoms with van der Waals surface area (Å²) in [6, 6.07) is 10.3. The van der Waals surface area contributed by atoms with E-state index in [1.54, 1.807) is 25.7 Å². The number of rotatable bonds is 0. The van der Waals surface area contributed by atoms with Gasteiger partial charge < -0.3 is 0 Å². The maximum absolute atomic E-state index is 2.52. The molecular weight excluding hydrogens is 673 g/mol. The highest BCUT2D eigenvalue weighted by Gasteiger charge is 2.63. The van der Waals surface area contributed by atoms with Crippen LogP contribution in [-0.2, 0) is 0 Å². The van der Waals surface area contributed by atoms with Crippen LogP contribution >= 0.6 is 0 Å². The Morgan fingerprint density at radius 1 is 0.304 bits per heavy atom. The van der Waals surface area contributed by atoms with Crippen LogP contribution in [0.25, 0.3) is 0 Å². The highest BCUT2D eigenvalue weighted by atomic mass is 14.7. The molecule has 0 bridgehead atoms. The predicted octanol–water partition coefficient (Wildman–Crippen LogP) is 21.3. The molecule has 0 nitrogen and oxygen atoms in total. The van der Waals surface area contributed by atoms with Crippen LogP contribution in [0.3, 0.4) is 0 Å². The van der Waals surface area contributed by atoms with Crippen molar-refractivity contribution in [1.29, 1.82) is 0 Å². The topological polar surface area (TPSA) is 0 Å². The quantitative estimate of drug-likeness (QED) is 0.245. The molecule has 350 valence electrons. The van der Waals surface area contributed by atoms with Crippen LogP contribution in [0.1, 0.15) is 236 Å². The smallest absolute Gasteiger partial charge is 0.0321 e. The van der Waals surface area contributed by atoms with Crippen molar-refractivity contribution in [2.75, 3.05) is 0 Å². The Kier molecular flexibility index (Phi) is 62.1. The summed E-state index contributed by atoms with van der Waals surface area (Å²) in [4.78, 5) is 0. The minimum Gasteiger partial charge on any atom is -0.0776 e. The van der Waals surface area contributed by atoms with E-state index in [1.807, 2.05) is 115 Å². The second-order valence-electron chi connectivity index (χ2n) is 14.9. The van der Waals surface area contributed by atoms with Gasteiger partial charge in [-0.1, -0.05) is 240 Å². The number of hydrogen-bond donors (Lipinski definition) is 0. The third-order valence-electron chi connectivity index (χ3n) is 13.5. The van der Waals surface area contributed by atoms with Crippen LogP contribution < -0.4 is 0 Å². The van der Waals surface area contributed by atoms with Gasteiger partial charge in [-0.25, -0.2) is 0 Å². The monoisotopic (exact) mass is 799 g/mol. The van der Waals surface area contributed by atoms with Crippen LogP contribution in [0.5, 0.6) is 0 Å². The molecule has 1 aromatic rings. The zero-order valence-electron chi connectivity index (χ0n) is 38.5. The van der Waals surface area contributed by atoms with Gasteiger partial charge in [-0.05, 0) is 127 Å². The maximum atomic E-state index is 2.52. The van der Waals surface area contributed by atoms with Gasteiger partial charge in [0.25, 0.3) is 0 Å². The Morgan fingerprint density at radius 2 is 0.500 bits per heavy atom. The Labute approximate surface area is 366 Å². The molecule has 6 aliphatic carbocycles. The van der Waals surface area contributed by atoms with Gasteiger partial charge in [0.15, 0.2) is 0 Å². The van der Waals surface area contributed by atoms with E-state index in [0.29, 0.717) is 0 Å². The highest BCUT2D eigenvalue weighted by Crippen LogP contribution is 2.68. The normalized spacial score (nSPS) is 34.8. The second-order valence-corrected chi connectivity index (χ2v) is 14.9. The first-order valence-electron chi connectivity index (χ1n) is 22.6. The first kappa shape index (κ1) is 79.4. The first-order valence-corrected chi connectivity index (χ1v) is 22.6. The molecule has 0 heterocycles. The molecule has 12 atom stereocenters. The van der Waals surface area contributed by atoms with Gasteiger partial charge in [0.2, 0.25) is 0 Å². The first-order chi connectivity index (χ1) is 23.6. The highest BCUT2D eigenvalue weighted by molar-refractivity contribution is 5.12. The standard InChI is InChI=1S/2C14H24.C7H8.7C2H6.7CH4/c1-7-5-11-13(9(7)3)12-6-8(2)10(4)14(11)12;1-7-5-11-12-6-8(2)10(4)14(12)13(11)9(7)3;1-7-5-3-2-4-6-7;7*1-2;;;;;;;/h2*7-14H,5-6H2,1-4H3;2-6H,1H3;7*1-2H3;7*1H4/t7-,8-,9-,10-,11?,12?,13?,14?;7-,8+,9-,10+,11?,12?,13?,14?;;;;;;;;;;;;;;;/m1................/s1. The summed E-state index contributed by atoms with van der Waals surface area (Å²) in [6.07, 6.45) is 6.19. The lowest BCUT2D eigenvalue weighted by molar-refractivity contribution is -0.0149. The number of benzene rings is 1. The summed E-state index contributed by atoms with van der Waals surface area (Å²) in [7, 11) is 0. The lowest BCUT2D eigenvalue weighted by Gasteiger charge is -2.49. The van der Waals surface area contributed by atoms with Gasteiger partial charge in [-0.2, -0.15) is 0 Å². The summed E-state index contributed by atoms with van der Waals surface area (Å²) in [5.41, 5.74) is 1.32. The minimum atomic E-state index is 0. The molecule has 6 fully saturated rings. The SMILES string of the molecule is C.C.C.C.C.C.C.CC.CC.CC.CC.CC.CC.CC.C[C@@H]1CC2C(C3C[C@@H](C)[C@@H](C)C23)[C@@H]1C.C[C@@H]1CC2C3C[C@H](C)[C@H](C)C3C2[C@@H]1C.Cc1ccccc1. The number of fused-ring (bicyclic) bond motifs is 8. The molecule has 0 aromatic heterocycles. The Bertz CT molecular complexity index is 781. The molecule has 7 rings (SSSR count). The fraction of sp³-hybridized carbons (Fsp3) is 0.893. The number of hydrogen-bond acceptors (Lipinski definition) is 0. The fourth-order valence-electron chi connectivity index (χ4n) is 11.0. The molecule has 0 heteroatoms. The van der Waals surface area contributed by atoms with Crippen molar-refractivity contribution in [3.05, 3.63) is 35.9 Å². The second kappa shape index (κ2) is 43.8. The zero-order valence-corrected chi connectivity index (χ0v) is 38.5. The molecular formula is C56H126. The van der Waals surface area contributed by atoms with Crippen LogP contribution in [-0.4, -0.2) is 0 Å². The van der Waals surface area contributed by atoms with Crippen molar-refractivity contribution in [3.8, 4) is 0 Å². The molecule has 4 unspecified atom stereocenters. The van der Waals surface area contributed by atoms with E-state index in [2.05, 4.69) is 74.4 Å². The third-order valence-corrected chi connectivity index (χ3v) is 13.5. The Hall–Kier alpha value is -0.780. The number of aryl methyl sites for hydroxylation is 1. The van der Waals surface area contributed by atoms with Crippen molar-refractivity contribution in [3.63, 3.8) is 0 Å². The molecule has 0 amide bonds. The van der Waals surface area contributed by atoms with Gasteiger partial charge in [0, 0.05) is 0 Å². The molecule has 0 aliphatic heterocycles. The molecule has 1 aromatic carbocycles. The summed E-state index contributed by atoms with van der Waals surface area (Å²) in [5.74, 6) is 17.2. The third kappa shape index (κ3) is 19.1. The van der Waals surface area contributed by atoms with Gasteiger partial charge in [-0.3, -0.25) is 0 Å². The lowest BCUT2D eigenvalue weighted by atomic mass is 9.56. The molecule has 0 spiro atoms. The van der Waals surface area contributed by atoms with Crippen molar-refractivity contribution >= 4 is 0 Å². The van der Waals surface area contributed by atoms with E-state index < -0.39 is 0 Å². The van der Waals surface area contributed by atoms with E-state index in [-0.39, 0.29) is 52.0 Å². The Morgan fingerprint density at radius 3 is 0.696 bits per heavy atom. The van der Waals surface area contributed by atoms with E-state index in [1.165, 1.54) is 5.56 Å². The fourth-order valence-corrected chi connectivity index (χ4v) is 11.0. The minimum absolute atomic E-state index is 0. The molecule has 0 saturated heterocycles. The van der Waals surface area contributed by atoms with Crippen LogP contribution in [0.4, 0.5) is 0 Å². The van der Waals surface area contributed by atoms with Crippen molar-refractivity contribution in [2.45, 2.75) is 237 Å². The zero-order chi connectivity index (χ0) is 39.2. The molecule has 6 aliphatic rings.